The lowest BCUT2D eigenvalue weighted by molar-refractivity contribution is 0.474. The summed E-state index contributed by atoms with van der Waals surface area (Å²) >= 11 is 0. The highest BCUT2D eigenvalue weighted by atomic mass is 16.3. The number of hydrogen-bond donors (Lipinski definition) is 1. The van der Waals surface area contributed by atoms with Crippen LogP contribution in [-0.4, -0.2) is 15.1 Å². The Bertz CT molecular complexity index is 469. The zero-order chi connectivity index (χ0) is 11.4. The van der Waals surface area contributed by atoms with Gasteiger partial charge in [-0.25, -0.2) is 4.98 Å². The molecule has 1 N–H and O–H groups in total. The van der Waals surface area contributed by atoms with Crippen molar-refractivity contribution >= 4 is 0 Å². The van der Waals surface area contributed by atoms with E-state index in [0.717, 1.165) is 18.5 Å². The molecule has 16 heavy (non-hydrogen) atoms. The molecule has 82 valence electrons. The van der Waals surface area contributed by atoms with Gasteiger partial charge in [-0.2, -0.15) is 0 Å². The monoisotopic (exact) mass is 214 g/mol. The van der Waals surface area contributed by atoms with Gasteiger partial charge in [0.05, 0.1) is 5.69 Å². The Morgan fingerprint density at radius 1 is 1.19 bits per heavy atom. The standard InChI is InChI=1S/C13H14N2O/c1-2-5-10-7-8-12(16)13(15-10)11-6-3-4-9-14-11/h3-4,6-9,16H,2,5H2,1H3. The number of aromatic hydroxyl groups is 1. The molecule has 0 bridgehead atoms. The van der Waals surface area contributed by atoms with Crippen LogP contribution in [0.4, 0.5) is 0 Å². The van der Waals surface area contributed by atoms with Crippen LogP contribution in [0.15, 0.2) is 36.5 Å². The summed E-state index contributed by atoms with van der Waals surface area (Å²) in [6, 6.07) is 9.11. The minimum absolute atomic E-state index is 0.179. The third-order valence-electron chi connectivity index (χ3n) is 2.35. The lowest BCUT2D eigenvalue weighted by Gasteiger charge is -2.05. The van der Waals surface area contributed by atoms with Crippen LogP contribution in [0.2, 0.25) is 0 Å². The minimum Gasteiger partial charge on any atom is -0.506 e. The van der Waals surface area contributed by atoms with Gasteiger partial charge in [-0.05, 0) is 30.7 Å². The molecule has 0 fully saturated rings. The van der Waals surface area contributed by atoms with Crippen LogP contribution < -0.4 is 0 Å². The third-order valence-corrected chi connectivity index (χ3v) is 2.35. The molecule has 3 heteroatoms. The van der Waals surface area contributed by atoms with Crippen molar-refractivity contribution < 1.29 is 5.11 Å². The molecule has 0 amide bonds. The van der Waals surface area contributed by atoms with Crippen molar-refractivity contribution in [3.8, 4) is 17.1 Å². The average Bonchev–Trinajstić information content (AvgIpc) is 2.33. The fourth-order valence-electron chi connectivity index (χ4n) is 1.58. The van der Waals surface area contributed by atoms with Crippen molar-refractivity contribution in [1.29, 1.82) is 0 Å². The quantitative estimate of drug-likeness (QED) is 0.854. The second-order valence-corrected chi connectivity index (χ2v) is 3.64. The molecule has 0 saturated heterocycles. The highest BCUT2D eigenvalue weighted by molar-refractivity contribution is 5.61. The summed E-state index contributed by atoms with van der Waals surface area (Å²) in [6.45, 7) is 2.11. The molecule has 3 nitrogen and oxygen atoms in total. The van der Waals surface area contributed by atoms with Crippen molar-refractivity contribution in [2.75, 3.05) is 0 Å². The van der Waals surface area contributed by atoms with Crippen molar-refractivity contribution in [2.24, 2.45) is 0 Å². The van der Waals surface area contributed by atoms with Crippen molar-refractivity contribution in [3.05, 3.63) is 42.2 Å². The third kappa shape index (κ3) is 2.19. The molecule has 0 saturated carbocycles. The molecule has 2 aromatic rings. The fourth-order valence-corrected chi connectivity index (χ4v) is 1.58. The van der Waals surface area contributed by atoms with Gasteiger partial charge in [0.2, 0.25) is 0 Å². The van der Waals surface area contributed by atoms with E-state index in [-0.39, 0.29) is 5.75 Å². The fraction of sp³-hybridized carbons (Fsp3) is 0.231. The van der Waals surface area contributed by atoms with E-state index in [0.29, 0.717) is 11.4 Å². The summed E-state index contributed by atoms with van der Waals surface area (Å²) in [5.41, 5.74) is 2.26. The van der Waals surface area contributed by atoms with Gasteiger partial charge in [-0.3, -0.25) is 4.98 Å². The Morgan fingerprint density at radius 2 is 2.06 bits per heavy atom. The first-order chi connectivity index (χ1) is 7.81. The molecule has 2 rings (SSSR count). The van der Waals surface area contributed by atoms with E-state index in [1.54, 1.807) is 12.3 Å². The van der Waals surface area contributed by atoms with E-state index in [9.17, 15) is 5.11 Å². The number of rotatable bonds is 3. The van der Waals surface area contributed by atoms with Gasteiger partial charge in [0, 0.05) is 11.9 Å². The Morgan fingerprint density at radius 3 is 2.75 bits per heavy atom. The van der Waals surface area contributed by atoms with Gasteiger partial charge >= 0.3 is 0 Å². The van der Waals surface area contributed by atoms with Gasteiger partial charge in [-0.1, -0.05) is 19.4 Å². The molecule has 0 aliphatic heterocycles. The van der Waals surface area contributed by atoms with E-state index in [4.69, 9.17) is 0 Å². The molecule has 2 heterocycles. The summed E-state index contributed by atoms with van der Waals surface area (Å²) in [7, 11) is 0. The largest absolute Gasteiger partial charge is 0.506 e. The first-order valence-corrected chi connectivity index (χ1v) is 5.41. The number of aromatic nitrogens is 2. The molecule has 0 aromatic carbocycles. The molecule has 0 atom stereocenters. The number of aryl methyl sites for hydroxylation is 1. The average molecular weight is 214 g/mol. The highest BCUT2D eigenvalue weighted by Crippen LogP contribution is 2.25. The normalized spacial score (nSPS) is 10.3. The first-order valence-electron chi connectivity index (χ1n) is 5.41. The van der Waals surface area contributed by atoms with Crippen LogP contribution in [0, 0.1) is 0 Å². The number of hydrogen-bond acceptors (Lipinski definition) is 3. The van der Waals surface area contributed by atoms with Crippen LogP contribution >= 0.6 is 0 Å². The zero-order valence-corrected chi connectivity index (χ0v) is 9.22. The maximum atomic E-state index is 9.75. The molecule has 0 aliphatic rings. The molecule has 0 radical (unpaired) electrons. The smallest absolute Gasteiger partial charge is 0.143 e. The SMILES string of the molecule is CCCc1ccc(O)c(-c2ccccn2)n1. The Hall–Kier alpha value is -1.90. The summed E-state index contributed by atoms with van der Waals surface area (Å²) < 4.78 is 0. The maximum absolute atomic E-state index is 9.75. The second-order valence-electron chi connectivity index (χ2n) is 3.64. The van der Waals surface area contributed by atoms with Crippen LogP contribution in [0.25, 0.3) is 11.4 Å². The summed E-state index contributed by atoms with van der Waals surface area (Å²) in [4.78, 5) is 8.61. The van der Waals surface area contributed by atoms with Crippen LogP contribution in [-0.2, 0) is 6.42 Å². The summed E-state index contributed by atoms with van der Waals surface area (Å²) in [6.07, 6.45) is 3.66. The van der Waals surface area contributed by atoms with Gasteiger partial charge in [0.1, 0.15) is 11.4 Å². The van der Waals surface area contributed by atoms with Crippen LogP contribution in [0.3, 0.4) is 0 Å². The van der Waals surface area contributed by atoms with Crippen LogP contribution in [0.5, 0.6) is 5.75 Å². The van der Waals surface area contributed by atoms with Gasteiger partial charge in [-0.15, -0.1) is 0 Å². The van der Waals surface area contributed by atoms with Crippen molar-refractivity contribution in [2.45, 2.75) is 19.8 Å². The van der Waals surface area contributed by atoms with Crippen molar-refractivity contribution in [3.63, 3.8) is 0 Å². The van der Waals surface area contributed by atoms with E-state index in [2.05, 4.69) is 16.9 Å². The number of nitrogens with zero attached hydrogens (tertiary/aromatic N) is 2. The lowest BCUT2D eigenvalue weighted by atomic mass is 10.2. The van der Waals surface area contributed by atoms with E-state index < -0.39 is 0 Å². The predicted molar refractivity (Wildman–Crippen MR) is 63.1 cm³/mol. The molecule has 0 unspecified atom stereocenters. The number of pyridine rings is 2. The molecule has 0 spiro atoms. The first kappa shape index (κ1) is 10.6. The van der Waals surface area contributed by atoms with Gasteiger partial charge < -0.3 is 5.11 Å². The topological polar surface area (TPSA) is 46.0 Å². The molecule has 0 aliphatic carbocycles. The lowest BCUT2D eigenvalue weighted by Crippen LogP contribution is -1.93. The zero-order valence-electron chi connectivity index (χ0n) is 9.22. The highest BCUT2D eigenvalue weighted by Gasteiger charge is 2.07. The van der Waals surface area contributed by atoms with Gasteiger partial charge in [0.25, 0.3) is 0 Å². The van der Waals surface area contributed by atoms with Crippen molar-refractivity contribution in [1.82, 2.24) is 9.97 Å². The summed E-state index contributed by atoms with van der Waals surface area (Å²) in [5.74, 6) is 0.179. The Kier molecular flexibility index (Phi) is 3.15. The van der Waals surface area contributed by atoms with E-state index >= 15 is 0 Å². The maximum Gasteiger partial charge on any atom is 0.143 e. The van der Waals surface area contributed by atoms with E-state index in [1.807, 2.05) is 24.3 Å². The van der Waals surface area contributed by atoms with Crippen LogP contribution in [0.1, 0.15) is 19.0 Å². The predicted octanol–water partition coefficient (Wildman–Crippen LogP) is 2.80. The second kappa shape index (κ2) is 4.75. The van der Waals surface area contributed by atoms with E-state index in [1.165, 1.54) is 0 Å². The van der Waals surface area contributed by atoms with Gasteiger partial charge in [0.15, 0.2) is 0 Å². The Labute approximate surface area is 94.8 Å². The molecular formula is C13H14N2O. The molecular weight excluding hydrogens is 200 g/mol. The summed E-state index contributed by atoms with van der Waals surface area (Å²) in [5, 5.41) is 9.75. The minimum atomic E-state index is 0.179. The molecule has 2 aromatic heterocycles. The Balaban J connectivity index is 2.43.